The third-order valence-corrected chi connectivity index (χ3v) is 2.12. The normalized spacial score (nSPS) is 36.1. The molecule has 0 spiro atoms. The molecule has 1 aliphatic rings. The predicted octanol–water partition coefficient (Wildman–Crippen LogP) is 0.236. The van der Waals surface area contributed by atoms with Crippen molar-refractivity contribution in [2.45, 2.75) is 18.4 Å². The lowest BCUT2D eigenvalue weighted by molar-refractivity contribution is -0.152. The highest BCUT2D eigenvalue weighted by Gasteiger charge is 2.47. The lowest BCUT2D eigenvalue weighted by atomic mass is 9.69. The van der Waals surface area contributed by atoms with Crippen LogP contribution in [0.4, 0.5) is 4.39 Å². The van der Waals surface area contributed by atoms with Crippen molar-refractivity contribution in [1.82, 2.24) is 0 Å². The van der Waals surface area contributed by atoms with Crippen LogP contribution < -0.4 is 5.73 Å². The number of halogens is 1. The summed E-state index contributed by atoms with van der Waals surface area (Å²) in [7, 11) is 1.29. The first-order chi connectivity index (χ1) is 5.12. The van der Waals surface area contributed by atoms with Crippen LogP contribution in [0.1, 0.15) is 12.8 Å². The van der Waals surface area contributed by atoms with Crippen LogP contribution in [0, 0.1) is 5.92 Å². The maximum absolute atomic E-state index is 11.9. The van der Waals surface area contributed by atoms with Crippen molar-refractivity contribution in [3.63, 3.8) is 0 Å². The van der Waals surface area contributed by atoms with Crippen LogP contribution in [-0.4, -0.2) is 25.3 Å². The van der Waals surface area contributed by atoms with E-state index in [-0.39, 0.29) is 5.92 Å². The summed E-state index contributed by atoms with van der Waals surface area (Å²) in [5.41, 5.74) is 4.68. The van der Waals surface area contributed by atoms with Gasteiger partial charge in [0.15, 0.2) is 0 Å². The summed E-state index contributed by atoms with van der Waals surface area (Å²) in [5.74, 6) is -0.471. The van der Waals surface area contributed by atoms with Gasteiger partial charge >= 0.3 is 5.97 Å². The fraction of sp³-hybridized carbons (Fsp3) is 0.857. The van der Waals surface area contributed by atoms with Crippen LogP contribution in [-0.2, 0) is 9.53 Å². The van der Waals surface area contributed by atoms with Gasteiger partial charge in [-0.2, -0.15) is 0 Å². The smallest absolute Gasteiger partial charge is 0.325 e. The van der Waals surface area contributed by atoms with E-state index < -0.39 is 18.2 Å². The molecular weight excluding hydrogens is 149 g/mol. The Morgan fingerprint density at radius 3 is 2.73 bits per heavy atom. The van der Waals surface area contributed by atoms with Crippen LogP contribution >= 0.6 is 0 Å². The van der Waals surface area contributed by atoms with E-state index in [2.05, 4.69) is 4.74 Å². The van der Waals surface area contributed by atoms with Gasteiger partial charge in [0.2, 0.25) is 0 Å². The summed E-state index contributed by atoms with van der Waals surface area (Å²) in [6, 6.07) is 0. The Labute approximate surface area is 64.7 Å². The summed E-state index contributed by atoms with van der Waals surface area (Å²) in [6.07, 6.45) is 0.826. The van der Waals surface area contributed by atoms with E-state index in [0.717, 1.165) is 0 Å². The van der Waals surface area contributed by atoms with Crippen molar-refractivity contribution in [1.29, 1.82) is 0 Å². The van der Waals surface area contributed by atoms with Gasteiger partial charge in [0.1, 0.15) is 5.54 Å². The van der Waals surface area contributed by atoms with Crippen molar-refractivity contribution in [2.24, 2.45) is 11.7 Å². The number of nitrogens with two attached hydrogens (primary N) is 1. The van der Waals surface area contributed by atoms with Gasteiger partial charge in [0.05, 0.1) is 13.8 Å². The molecule has 0 saturated heterocycles. The van der Waals surface area contributed by atoms with Crippen LogP contribution in [0.15, 0.2) is 0 Å². The lowest BCUT2D eigenvalue weighted by Gasteiger charge is -2.40. The summed E-state index contributed by atoms with van der Waals surface area (Å²) in [4.78, 5) is 10.9. The van der Waals surface area contributed by atoms with Crippen molar-refractivity contribution >= 4 is 5.97 Å². The largest absolute Gasteiger partial charge is 0.468 e. The molecule has 0 heterocycles. The molecule has 0 bridgehead atoms. The monoisotopic (exact) mass is 161 g/mol. The average molecular weight is 161 g/mol. The predicted molar refractivity (Wildman–Crippen MR) is 37.6 cm³/mol. The van der Waals surface area contributed by atoms with Crippen molar-refractivity contribution in [2.75, 3.05) is 13.8 Å². The number of alkyl halides is 1. The SMILES string of the molecule is COC(=O)C1(N)CC(CF)C1. The zero-order chi connectivity index (χ0) is 8.48. The van der Waals surface area contributed by atoms with E-state index >= 15 is 0 Å². The van der Waals surface area contributed by atoms with Gasteiger partial charge in [-0.25, -0.2) is 0 Å². The fourth-order valence-corrected chi connectivity index (χ4v) is 1.45. The second kappa shape index (κ2) is 2.77. The number of carbonyl (C=O) groups excluding carboxylic acids is 1. The third-order valence-electron chi connectivity index (χ3n) is 2.12. The van der Waals surface area contributed by atoms with E-state index in [1.54, 1.807) is 0 Å². The van der Waals surface area contributed by atoms with Crippen LogP contribution in [0.3, 0.4) is 0 Å². The minimum atomic E-state index is -0.897. The van der Waals surface area contributed by atoms with Gasteiger partial charge in [-0.05, 0) is 18.8 Å². The molecule has 1 saturated carbocycles. The van der Waals surface area contributed by atoms with Gasteiger partial charge in [0, 0.05) is 0 Å². The molecule has 0 aromatic rings. The van der Waals surface area contributed by atoms with E-state index in [0.29, 0.717) is 12.8 Å². The van der Waals surface area contributed by atoms with Crippen LogP contribution in [0.25, 0.3) is 0 Å². The average Bonchev–Trinajstić information content (AvgIpc) is 1.96. The molecule has 0 aromatic heterocycles. The molecule has 64 valence electrons. The first-order valence-electron chi connectivity index (χ1n) is 3.55. The minimum absolute atomic E-state index is 0.0425. The molecule has 0 atom stereocenters. The third kappa shape index (κ3) is 1.35. The molecule has 0 unspecified atom stereocenters. The van der Waals surface area contributed by atoms with Crippen LogP contribution in [0.5, 0.6) is 0 Å². The van der Waals surface area contributed by atoms with E-state index in [4.69, 9.17) is 5.73 Å². The topological polar surface area (TPSA) is 52.3 Å². The number of carbonyl (C=O) groups is 1. The zero-order valence-electron chi connectivity index (χ0n) is 6.47. The number of methoxy groups -OCH3 is 1. The maximum Gasteiger partial charge on any atom is 0.325 e. The molecule has 2 N–H and O–H groups in total. The van der Waals surface area contributed by atoms with Crippen molar-refractivity contribution in [3.8, 4) is 0 Å². The highest BCUT2D eigenvalue weighted by Crippen LogP contribution is 2.36. The first kappa shape index (κ1) is 8.46. The Bertz CT molecular complexity index is 166. The lowest BCUT2D eigenvalue weighted by Crippen LogP contribution is -2.58. The number of esters is 1. The Kier molecular flexibility index (Phi) is 2.13. The molecule has 0 amide bonds. The molecule has 11 heavy (non-hydrogen) atoms. The summed E-state index contributed by atoms with van der Waals surface area (Å²) in [5, 5.41) is 0. The van der Waals surface area contributed by atoms with Gasteiger partial charge in [-0.1, -0.05) is 0 Å². The highest BCUT2D eigenvalue weighted by atomic mass is 19.1. The Morgan fingerprint density at radius 2 is 2.36 bits per heavy atom. The number of hydrogen-bond donors (Lipinski definition) is 1. The van der Waals surface area contributed by atoms with Gasteiger partial charge < -0.3 is 10.5 Å². The quantitative estimate of drug-likeness (QED) is 0.590. The number of rotatable bonds is 2. The summed E-state index contributed by atoms with van der Waals surface area (Å²) < 4.78 is 16.4. The van der Waals surface area contributed by atoms with Crippen molar-refractivity contribution < 1.29 is 13.9 Å². The fourth-order valence-electron chi connectivity index (χ4n) is 1.45. The second-order valence-electron chi connectivity index (χ2n) is 3.08. The molecule has 1 fully saturated rings. The van der Waals surface area contributed by atoms with Gasteiger partial charge in [0.25, 0.3) is 0 Å². The van der Waals surface area contributed by atoms with E-state index in [1.165, 1.54) is 7.11 Å². The Balaban J connectivity index is 2.42. The number of ether oxygens (including phenoxy) is 1. The first-order valence-corrected chi connectivity index (χ1v) is 3.55. The molecule has 4 heteroatoms. The summed E-state index contributed by atoms with van der Waals surface area (Å²) >= 11 is 0. The minimum Gasteiger partial charge on any atom is -0.468 e. The Hall–Kier alpha value is -0.640. The molecule has 3 nitrogen and oxygen atoms in total. The zero-order valence-corrected chi connectivity index (χ0v) is 6.47. The molecule has 0 aliphatic heterocycles. The Morgan fingerprint density at radius 1 is 1.82 bits per heavy atom. The second-order valence-corrected chi connectivity index (χ2v) is 3.08. The number of hydrogen-bond acceptors (Lipinski definition) is 3. The van der Waals surface area contributed by atoms with E-state index in [1.807, 2.05) is 0 Å². The van der Waals surface area contributed by atoms with Crippen LogP contribution in [0.2, 0.25) is 0 Å². The van der Waals surface area contributed by atoms with E-state index in [9.17, 15) is 9.18 Å². The maximum atomic E-state index is 11.9. The molecule has 1 rings (SSSR count). The van der Waals surface area contributed by atoms with Gasteiger partial charge in [-0.3, -0.25) is 9.18 Å². The molecule has 0 radical (unpaired) electrons. The molecule has 1 aliphatic carbocycles. The van der Waals surface area contributed by atoms with Gasteiger partial charge in [-0.15, -0.1) is 0 Å². The molecule has 0 aromatic carbocycles. The summed E-state index contributed by atoms with van der Waals surface area (Å²) in [6.45, 7) is -0.393. The standard InChI is InChI=1S/C7H12FNO2/c1-11-6(10)7(9)2-5(3-7)4-8/h5H,2-4,9H2,1H3. The molecular formula is C7H12FNO2. The highest BCUT2D eigenvalue weighted by molar-refractivity contribution is 5.81. The van der Waals surface area contributed by atoms with Crippen molar-refractivity contribution in [3.05, 3.63) is 0 Å².